The van der Waals surface area contributed by atoms with Crippen LogP contribution < -0.4 is 4.90 Å². The van der Waals surface area contributed by atoms with Crippen LogP contribution in [0.5, 0.6) is 0 Å². The van der Waals surface area contributed by atoms with Gasteiger partial charge in [0.05, 0.1) is 5.52 Å². The van der Waals surface area contributed by atoms with E-state index in [0.717, 1.165) is 29.8 Å². The minimum absolute atomic E-state index is 0.232. The summed E-state index contributed by atoms with van der Waals surface area (Å²) in [6, 6.07) is 10.5. The molecule has 0 spiro atoms. The predicted molar refractivity (Wildman–Crippen MR) is 96.5 cm³/mol. The summed E-state index contributed by atoms with van der Waals surface area (Å²) in [6.07, 6.45) is -0.232. The first-order chi connectivity index (χ1) is 11.3. The van der Waals surface area contributed by atoms with Gasteiger partial charge >= 0.3 is 6.09 Å². The Labute approximate surface area is 143 Å². The number of carbonyl (C=O) groups excluding carboxylic acids is 1. The molecule has 0 aliphatic carbocycles. The number of benzene rings is 1. The number of carbonyl (C=O) groups is 1. The first-order valence-corrected chi connectivity index (χ1v) is 8.42. The molecule has 5 nitrogen and oxygen atoms in total. The number of aromatic nitrogens is 1. The zero-order valence-electron chi connectivity index (χ0n) is 14.9. The third kappa shape index (κ3) is 3.78. The Morgan fingerprint density at radius 1 is 1.08 bits per heavy atom. The van der Waals surface area contributed by atoms with Crippen LogP contribution in [0.15, 0.2) is 30.3 Å². The van der Waals surface area contributed by atoms with Crippen LogP contribution in [0, 0.1) is 6.92 Å². The maximum atomic E-state index is 12.1. The van der Waals surface area contributed by atoms with Crippen LogP contribution >= 0.6 is 0 Å². The van der Waals surface area contributed by atoms with Crippen LogP contribution in [0.4, 0.5) is 10.6 Å². The number of nitrogens with zero attached hydrogens (tertiary/aromatic N) is 3. The van der Waals surface area contributed by atoms with Crippen molar-refractivity contribution in [2.75, 3.05) is 31.1 Å². The zero-order chi connectivity index (χ0) is 17.3. The third-order valence-electron chi connectivity index (χ3n) is 4.09. The monoisotopic (exact) mass is 327 g/mol. The van der Waals surface area contributed by atoms with Gasteiger partial charge in [0, 0.05) is 31.6 Å². The summed E-state index contributed by atoms with van der Waals surface area (Å²) in [5.74, 6) is 0.969. The Hall–Kier alpha value is -2.30. The molecule has 3 rings (SSSR count). The molecule has 0 N–H and O–H groups in total. The Morgan fingerprint density at radius 3 is 2.42 bits per heavy atom. The molecule has 1 saturated heterocycles. The number of amides is 1. The second-order valence-electron chi connectivity index (χ2n) is 7.32. The minimum Gasteiger partial charge on any atom is -0.444 e. The van der Waals surface area contributed by atoms with Gasteiger partial charge in [-0.15, -0.1) is 0 Å². The van der Waals surface area contributed by atoms with Gasteiger partial charge in [0.2, 0.25) is 0 Å². The van der Waals surface area contributed by atoms with Gasteiger partial charge in [-0.1, -0.05) is 12.1 Å². The molecule has 1 amide bonds. The van der Waals surface area contributed by atoms with Gasteiger partial charge in [0.25, 0.3) is 0 Å². The number of ether oxygens (including phenoxy) is 1. The smallest absolute Gasteiger partial charge is 0.410 e. The molecule has 1 aliphatic rings. The van der Waals surface area contributed by atoms with E-state index in [4.69, 9.17) is 9.72 Å². The van der Waals surface area contributed by atoms with E-state index >= 15 is 0 Å². The summed E-state index contributed by atoms with van der Waals surface area (Å²) >= 11 is 0. The Kier molecular flexibility index (Phi) is 4.35. The third-order valence-corrected chi connectivity index (χ3v) is 4.09. The minimum atomic E-state index is -0.452. The Morgan fingerprint density at radius 2 is 1.75 bits per heavy atom. The number of hydrogen-bond donors (Lipinski definition) is 0. The summed E-state index contributed by atoms with van der Waals surface area (Å²) in [7, 11) is 0. The molecule has 1 aromatic heterocycles. The molecule has 1 aliphatic heterocycles. The van der Waals surface area contributed by atoms with E-state index in [1.54, 1.807) is 4.90 Å². The maximum Gasteiger partial charge on any atom is 0.410 e. The topological polar surface area (TPSA) is 45.7 Å². The Balaban J connectivity index is 1.67. The molecule has 2 aromatic rings. The van der Waals surface area contributed by atoms with Crippen molar-refractivity contribution in [3.63, 3.8) is 0 Å². The van der Waals surface area contributed by atoms with Crippen molar-refractivity contribution in [3.8, 4) is 0 Å². The number of piperazine rings is 1. The van der Waals surface area contributed by atoms with Crippen LogP contribution in [0.2, 0.25) is 0 Å². The largest absolute Gasteiger partial charge is 0.444 e. The molecule has 24 heavy (non-hydrogen) atoms. The maximum absolute atomic E-state index is 12.1. The number of hydrogen-bond acceptors (Lipinski definition) is 4. The normalized spacial score (nSPS) is 15.7. The van der Waals surface area contributed by atoms with Crippen molar-refractivity contribution < 1.29 is 9.53 Å². The van der Waals surface area contributed by atoms with Crippen LogP contribution in [-0.4, -0.2) is 47.8 Å². The lowest BCUT2D eigenvalue weighted by molar-refractivity contribution is 0.0240. The van der Waals surface area contributed by atoms with Gasteiger partial charge in [-0.2, -0.15) is 0 Å². The number of aryl methyl sites for hydroxylation is 1. The number of fused-ring (bicyclic) bond motifs is 1. The second kappa shape index (κ2) is 6.30. The van der Waals surface area contributed by atoms with E-state index in [-0.39, 0.29) is 6.09 Å². The number of rotatable bonds is 1. The summed E-state index contributed by atoms with van der Waals surface area (Å²) in [5.41, 5.74) is 1.77. The van der Waals surface area contributed by atoms with Gasteiger partial charge in [-0.05, 0) is 51.5 Å². The van der Waals surface area contributed by atoms with Crippen molar-refractivity contribution in [3.05, 3.63) is 35.9 Å². The van der Waals surface area contributed by atoms with E-state index in [1.807, 2.05) is 20.8 Å². The van der Waals surface area contributed by atoms with E-state index in [1.165, 1.54) is 5.56 Å². The molecule has 2 heterocycles. The van der Waals surface area contributed by atoms with Crippen molar-refractivity contribution in [2.45, 2.75) is 33.3 Å². The summed E-state index contributed by atoms with van der Waals surface area (Å²) in [5, 5.41) is 1.15. The number of pyridine rings is 1. The summed E-state index contributed by atoms with van der Waals surface area (Å²) in [6.45, 7) is 10.6. The van der Waals surface area contributed by atoms with Crippen LogP contribution in [-0.2, 0) is 4.74 Å². The molecular weight excluding hydrogens is 302 g/mol. The van der Waals surface area contributed by atoms with E-state index in [0.29, 0.717) is 13.1 Å². The lowest BCUT2D eigenvalue weighted by Crippen LogP contribution is -2.50. The lowest BCUT2D eigenvalue weighted by Gasteiger charge is -2.36. The fourth-order valence-electron chi connectivity index (χ4n) is 2.84. The molecule has 0 radical (unpaired) electrons. The molecule has 0 unspecified atom stereocenters. The molecule has 5 heteroatoms. The molecular formula is C19H25N3O2. The molecule has 128 valence electrons. The summed E-state index contributed by atoms with van der Waals surface area (Å²) < 4.78 is 5.44. The average Bonchev–Trinajstić information content (AvgIpc) is 2.52. The Bertz CT molecular complexity index is 744. The molecule has 0 atom stereocenters. The van der Waals surface area contributed by atoms with Crippen molar-refractivity contribution >= 4 is 22.8 Å². The van der Waals surface area contributed by atoms with Crippen molar-refractivity contribution in [1.82, 2.24) is 9.88 Å². The SMILES string of the molecule is Cc1ccc2ccc(N3CCN(C(=O)OC(C)(C)C)CC3)nc2c1. The average molecular weight is 327 g/mol. The molecule has 0 bridgehead atoms. The summed E-state index contributed by atoms with van der Waals surface area (Å²) in [4.78, 5) is 20.9. The van der Waals surface area contributed by atoms with E-state index in [9.17, 15) is 4.79 Å². The lowest BCUT2D eigenvalue weighted by atomic mass is 10.1. The first-order valence-electron chi connectivity index (χ1n) is 8.42. The van der Waals surface area contributed by atoms with Crippen LogP contribution in [0.1, 0.15) is 26.3 Å². The van der Waals surface area contributed by atoms with Crippen molar-refractivity contribution in [1.29, 1.82) is 0 Å². The zero-order valence-corrected chi connectivity index (χ0v) is 14.9. The number of anilines is 1. The molecule has 1 fully saturated rings. The van der Waals surface area contributed by atoms with Gasteiger partial charge in [-0.3, -0.25) is 0 Å². The van der Waals surface area contributed by atoms with Gasteiger partial charge < -0.3 is 14.5 Å². The highest BCUT2D eigenvalue weighted by Gasteiger charge is 2.26. The first kappa shape index (κ1) is 16.6. The quantitative estimate of drug-likeness (QED) is 0.803. The van der Waals surface area contributed by atoms with Gasteiger partial charge in [0.15, 0.2) is 0 Å². The van der Waals surface area contributed by atoms with Crippen LogP contribution in [0.25, 0.3) is 10.9 Å². The van der Waals surface area contributed by atoms with Crippen LogP contribution in [0.3, 0.4) is 0 Å². The molecule has 0 saturated carbocycles. The second-order valence-corrected chi connectivity index (χ2v) is 7.32. The van der Waals surface area contributed by atoms with Crippen molar-refractivity contribution in [2.24, 2.45) is 0 Å². The molecule has 1 aromatic carbocycles. The standard InChI is InChI=1S/C19H25N3O2/c1-14-5-6-15-7-8-17(20-16(15)13-14)21-9-11-22(12-10-21)18(23)24-19(2,3)4/h5-8,13H,9-12H2,1-4H3. The highest BCUT2D eigenvalue weighted by Crippen LogP contribution is 2.21. The fourth-order valence-corrected chi connectivity index (χ4v) is 2.84. The van der Waals surface area contributed by atoms with Gasteiger partial charge in [-0.25, -0.2) is 9.78 Å². The van der Waals surface area contributed by atoms with E-state index < -0.39 is 5.60 Å². The highest BCUT2D eigenvalue weighted by molar-refractivity contribution is 5.81. The highest BCUT2D eigenvalue weighted by atomic mass is 16.6. The van der Waals surface area contributed by atoms with Gasteiger partial charge in [0.1, 0.15) is 11.4 Å². The predicted octanol–water partition coefficient (Wildman–Crippen LogP) is 3.60. The fraction of sp³-hybridized carbons (Fsp3) is 0.474. The van der Waals surface area contributed by atoms with E-state index in [2.05, 4.69) is 42.2 Å².